The maximum Gasteiger partial charge on any atom is 0.494 e. The number of aryl methyl sites for hydroxylation is 1. The summed E-state index contributed by atoms with van der Waals surface area (Å²) < 4.78 is 17.4. The Balaban J connectivity index is 0.000000308. The van der Waals surface area contributed by atoms with Crippen molar-refractivity contribution in [2.75, 3.05) is 0 Å². The van der Waals surface area contributed by atoms with Crippen LogP contribution in [-0.4, -0.2) is 35.8 Å². The molecule has 1 heterocycles. The van der Waals surface area contributed by atoms with Gasteiger partial charge in [-0.05, 0) is 83.3 Å². The van der Waals surface area contributed by atoms with Crippen LogP contribution in [0.3, 0.4) is 0 Å². The van der Waals surface area contributed by atoms with Crippen LogP contribution >= 0.6 is 0 Å². The molecule has 1 amide bonds. The highest BCUT2D eigenvalue weighted by Gasteiger charge is 2.51. The van der Waals surface area contributed by atoms with Crippen molar-refractivity contribution in [3.05, 3.63) is 65.3 Å². The summed E-state index contributed by atoms with van der Waals surface area (Å²) in [5.74, 6) is -0.501. The van der Waals surface area contributed by atoms with E-state index < -0.39 is 5.60 Å². The average Bonchev–Trinajstić information content (AvgIpc) is 2.93. The van der Waals surface area contributed by atoms with Crippen LogP contribution < -0.4 is 11.2 Å². The van der Waals surface area contributed by atoms with Crippen molar-refractivity contribution in [1.82, 2.24) is 0 Å². The summed E-state index contributed by atoms with van der Waals surface area (Å²) in [6.45, 7) is 20.2. The number of amides is 1. The van der Waals surface area contributed by atoms with Gasteiger partial charge in [-0.15, -0.1) is 0 Å². The maximum absolute atomic E-state index is 11.8. The van der Waals surface area contributed by atoms with Crippen molar-refractivity contribution in [3.8, 4) is 0 Å². The molecule has 3 rings (SSSR count). The van der Waals surface area contributed by atoms with Crippen molar-refractivity contribution < 1.29 is 23.6 Å². The molecule has 0 aromatic heterocycles. The third kappa shape index (κ3) is 9.28. The van der Waals surface area contributed by atoms with E-state index in [1.54, 1.807) is 0 Å². The molecule has 1 aromatic rings. The molecule has 2 aliphatic rings. The normalized spacial score (nSPS) is 18.5. The highest BCUT2D eigenvalue weighted by atomic mass is 16.7. The summed E-state index contributed by atoms with van der Waals surface area (Å²) in [7, 11) is -0.352. The standard InChI is InChI=1S/C19H29BO4.C12H17NO/c1-17(2,3)22-16(21)13-10-14-8-11-15(12-9-14)20-23-18(4,5)19(6,7)24-20;1-12(2,3)10-6-4-5-9(7-8-10)11(13)14/h8-9,11-12H,10,13H2,1-7H3;4,6-8H,5H2,1-3H3,(H2,13,14). The molecule has 1 fully saturated rings. The second-order valence-electron chi connectivity index (χ2n) is 13.0. The van der Waals surface area contributed by atoms with Gasteiger partial charge in [0.2, 0.25) is 5.91 Å². The van der Waals surface area contributed by atoms with E-state index in [0.717, 1.165) is 11.0 Å². The molecule has 0 bridgehead atoms. The predicted octanol–water partition coefficient (Wildman–Crippen LogP) is 5.59. The van der Waals surface area contributed by atoms with Crippen LogP contribution in [0.2, 0.25) is 0 Å². The number of esters is 1. The van der Waals surface area contributed by atoms with Gasteiger partial charge in [0.1, 0.15) is 5.60 Å². The van der Waals surface area contributed by atoms with E-state index in [9.17, 15) is 9.59 Å². The van der Waals surface area contributed by atoms with E-state index >= 15 is 0 Å². The summed E-state index contributed by atoms with van der Waals surface area (Å²) >= 11 is 0. The topological polar surface area (TPSA) is 87.9 Å². The zero-order valence-electron chi connectivity index (χ0n) is 24.9. The molecule has 2 N–H and O–H groups in total. The Bertz CT molecular complexity index is 1070. The van der Waals surface area contributed by atoms with Gasteiger partial charge in [0, 0.05) is 12.0 Å². The van der Waals surface area contributed by atoms with E-state index in [1.807, 2.05) is 91.0 Å². The summed E-state index contributed by atoms with van der Waals surface area (Å²) in [5, 5.41) is 0. The molecule has 208 valence electrons. The first kappa shape index (κ1) is 31.6. The Morgan fingerprint density at radius 1 is 0.947 bits per heavy atom. The summed E-state index contributed by atoms with van der Waals surface area (Å²) in [6.07, 6.45) is 9.52. The number of allylic oxidation sites excluding steroid dienone is 5. The van der Waals surface area contributed by atoms with Crippen molar-refractivity contribution in [2.45, 2.75) is 105 Å². The number of hydrogen-bond donors (Lipinski definition) is 1. The Hall–Kier alpha value is -2.64. The summed E-state index contributed by atoms with van der Waals surface area (Å²) in [4.78, 5) is 22.7. The van der Waals surface area contributed by atoms with E-state index in [1.165, 1.54) is 5.57 Å². The second kappa shape index (κ2) is 12.0. The fourth-order valence-electron chi connectivity index (χ4n) is 3.77. The molecule has 0 saturated carbocycles. The number of benzene rings is 1. The highest BCUT2D eigenvalue weighted by Crippen LogP contribution is 2.36. The second-order valence-corrected chi connectivity index (χ2v) is 13.0. The minimum absolute atomic E-state index is 0.111. The number of carbonyl (C=O) groups excluding carboxylic acids is 2. The maximum atomic E-state index is 11.8. The fourth-order valence-corrected chi connectivity index (χ4v) is 3.77. The number of hydrogen-bond acceptors (Lipinski definition) is 5. The van der Waals surface area contributed by atoms with Crippen LogP contribution in [0.25, 0.3) is 0 Å². The number of ether oxygens (including phenoxy) is 1. The number of rotatable bonds is 5. The van der Waals surface area contributed by atoms with Crippen molar-refractivity contribution >= 4 is 24.5 Å². The summed E-state index contributed by atoms with van der Waals surface area (Å²) in [5.41, 5.74) is 8.20. The van der Waals surface area contributed by atoms with Gasteiger partial charge in [0.25, 0.3) is 0 Å². The zero-order valence-corrected chi connectivity index (χ0v) is 24.9. The Labute approximate surface area is 229 Å². The highest BCUT2D eigenvalue weighted by molar-refractivity contribution is 6.62. The first-order chi connectivity index (χ1) is 17.3. The molecule has 1 saturated heterocycles. The van der Waals surface area contributed by atoms with E-state index in [-0.39, 0.29) is 35.6 Å². The third-order valence-corrected chi connectivity index (χ3v) is 6.82. The van der Waals surface area contributed by atoms with Crippen molar-refractivity contribution in [2.24, 2.45) is 11.1 Å². The first-order valence-electron chi connectivity index (χ1n) is 13.3. The molecule has 38 heavy (non-hydrogen) atoms. The monoisotopic (exact) mass is 523 g/mol. The quantitative estimate of drug-likeness (QED) is 0.402. The lowest BCUT2D eigenvalue weighted by Crippen LogP contribution is -2.41. The molecule has 7 heteroatoms. The Kier molecular flexibility index (Phi) is 10.0. The van der Waals surface area contributed by atoms with Crippen molar-refractivity contribution in [3.63, 3.8) is 0 Å². The lowest BCUT2D eigenvalue weighted by molar-refractivity contribution is -0.154. The van der Waals surface area contributed by atoms with Crippen LogP contribution in [0.4, 0.5) is 0 Å². The molecule has 0 spiro atoms. The molecular weight excluding hydrogens is 477 g/mol. The molecule has 6 nitrogen and oxygen atoms in total. The van der Waals surface area contributed by atoms with E-state index in [2.05, 4.69) is 26.8 Å². The predicted molar refractivity (Wildman–Crippen MR) is 155 cm³/mol. The minimum Gasteiger partial charge on any atom is -0.460 e. The molecule has 0 unspecified atom stereocenters. The molecule has 0 atom stereocenters. The van der Waals surface area contributed by atoms with Crippen LogP contribution in [0, 0.1) is 5.41 Å². The smallest absolute Gasteiger partial charge is 0.460 e. The van der Waals surface area contributed by atoms with Crippen LogP contribution in [0.1, 0.15) is 87.6 Å². The SMILES string of the molecule is CC(C)(C)C1=CC=C(C(N)=O)CC=C1.CC(C)(C)OC(=O)CCc1ccc(B2OC(C)(C)C(C)(C)O2)cc1. The molecule has 1 aromatic carbocycles. The van der Waals surface area contributed by atoms with Gasteiger partial charge in [-0.1, -0.05) is 69.3 Å². The van der Waals surface area contributed by atoms with E-state index in [4.69, 9.17) is 19.8 Å². The van der Waals surface area contributed by atoms with Gasteiger partial charge in [0.05, 0.1) is 11.2 Å². The number of carbonyl (C=O) groups is 2. The molecule has 1 aliphatic heterocycles. The summed E-state index contributed by atoms with van der Waals surface area (Å²) in [6, 6.07) is 8.05. The number of primary amides is 1. The Morgan fingerprint density at radius 2 is 1.50 bits per heavy atom. The molecule has 1 aliphatic carbocycles. The van der Waals surface area contributed by atoms with Crippen LogP contribution in [0.15, 0.2) is 59.7 Å². The minimum atomic E-state index is -0.433. The van der Waals surface area contributed by atoms with Crippen LogP contribution in [-0.2, 0) is 30.1 Å². The van der Waals surface area contributed by atoms with E-state index in [0.29, 0.717) is 24.8 Å². The lowest BCUT2D eigenvalue weighted by Gasteiger charge is -2.32. The third-order valence-electron chi connectivity index (χ3n) is 6.82. The van der Waals surface area contributed by atoms with Gasteiger partial charge < -0.3 is 19.8 Å². The van der Waals surface area contributed by atoms with Gasteiger partial charge in [-0.25, -0.2) is 0 Å². The largest absolute Gasteiger partial charge is 0.494 e. The zero-order chi connectivity index (χ0) is 28.9. The van der Waals surface area contributed by atoms with Gasteiger partial charge in [-0.2, -0.15) is 0 Å². The van der Waals surface area contributed by atoms with Crippen molar-refractivity contribution in [1.29, 1.82) is 0 Å². The first-order valence-corrected chi connectivity index (χ1v) is 13.3. The molecular formula is C31H46BNO5. The van der Waals surface area contributed by atoms with Crippen LogP contribution in [0.5, 0.6) is 0 Å². The average molecular weight is 524 g/mol. The Morgan fingerprint density at radius 3 is 1.97 bits per heavy atom. The van der Waals surface area contributed by atoms with Gasteiger partial charge in [0.15, 0.2) is 0 Å². The van der Waals surface area contributed by atoms with Gasteiger partial charge >= 0.3 is 13.1 Å². The molecule has 0 radical (unpaired) electrons. The van der Waals surface area contributed by atoms with Gasteiger partial charge in [-0.3, -0.25) is 9.59 Å². The lowest BCUT2D eigenvalue weighted by atomic mass is 9.78. The number of nitrogens with two attached hydrogens (primary N) is 1. The fraction of sp³-hybridized carbons (Fsp3) is 0.548.